The number of carbonyl (C=O) groups is 2. The number of hydrazone groups is 1. The van der Waals surface area contributed by atoms with E-state index < -0.39 is 5.91 Å². The molecule has 0 aliphatic carbocycles. The van der Waals surface area contributed by atoms with Gasteiger partial charge in [-0.25, -0.2) is 10.4 Å². The lowest BCUT2D eigenvalue weighted by atomic mass is 10.2. The fourth-order valence-corrected chi connectivity index (χ4v) is 2.22. The molecule has 1 aromatic carbocycles. The van der Waals surface area contributed by atoms with Crippen LogP contribution in [0.15, 0.2) is 41.5 Å². The number of benzene rings is 1. The number of rotatable bonds is 5. The standard InChI is InChI=1S/C17H16Cl2N4O2/c1-10-4-3-5-15(20-10)21-16(24)8-11(2)22-23-17(25)12-6-7-13(18)14(19)9-12/h3-7,9H,8H2,1-2H3,(H,23,25)(H,20,21,24)/b22-11-. The summed E-state index contributed by atoms with van der Waals surface area (Å²) in [6.45, 7) is 3.47. The van der Waals surface area contributed by atoms with Gasteiger partial charge in [-0.05, 0) is 44.2 Å². The van der Waals surface area contributed by atoms with E-state index in [0.29, 0.717) is 22.1 Å². The molecule has 2 amide bonds. The van der Waals surface area contributed by atoms with Gasteiger partial charge in [-0.15, -0.1) is 0 Å². The van der Waals surface area contributed by atoms with E-state index >= 15 is 0 Å². The molecule has 25 heavy (non-hydrogen) atoms. The van der Waals surface area contributed by atoms with Crippen molar-refractivity contribution in [1.29, 1.82) is 0 Å². The number of carbonyl (C=O) groups excluding carboxylic acids is 2. The van der Waals surface area contributed by atoms with Crippen molar-refractivity contribution in [3.63, 3.8) is 0 Å². The maximum atomic E-state index is 12.0. The maximum absolute atomic E-state index is 12.0. The molecule has 0 bridgehead atoms. The number of anilines is 1. The highest BCUT2D eigenvalue weighted by molar-refractivity contribution is 6.42. The Balaban J connectivity index is 1.91. The molecule has 6 nitrogen and oxygen atoms in total. The van der Waals surface area contributed by atoms with Crippen molar-refractivity contribution in [2.45, 2.75) is 20.3 Å². The van der Waals surface area contributed by atoms with Gasteiger partial charge < -0.3 is 5.32 Å². The van der Waals surface area contributed by atoms with E-state index in [2.05, 4.69) is 20.8 Å². The van der Waals surface area contributed by atoms with Crippen molar-refractivity contribution >= 4 is 46.5 Å². The topological polar surface area (TPSA) is 83.4 Å². The first kappa shape index (κ1) is 18.9. The summed E-state index contributed by atoms with van der Waals surface area (Å²) in [6.07, 6.45) is 0.0251. The zero-order valence-electron chi connectivity index (χ0n) is 13.6. The van der Waals surface area contributed by atoms with Crippen LogP contribution in [0.25, 0.3) is 0 Å². The minimum Gasteiger partial charge on any atom is -0.310 e. The van der Waals surface area contributed by atoms with Crippen LogP contribution >= 0.6 is 23.2 Å². The SMILES string of the molecule is C/C(CC(=O)Nc1cccc(C)n1)=N/NC(=O)c1ccc(Cl)c(Cl)c1. The van der Waals surface area contributed by atoms with Gasteiger partial charge in [0, 0.05) is 17.0 Å². The molecular formula is C17H16Cl2N4O2. The number of hydrogen-bond acceptors (Lipinski definition) is 4. The van der Waals surface area contributed by atoms with Crippen LogP contribution in [0.4, 0.5) is 5.82 Å². The molecular weight excluding hydrogens is 363 g/mol. The third-order valence-electron chi connectivity index (χ3n) is 3.10. The van der Waals surface area contributed by atoms with Crippen LogP contribution in [0.1, 0.15) is 29.4 Å². The number of amides is 2. The fourth-order valence-electron chi connectivity index (χ4n) is 1.92. The average molecular weight is 379 g/mol. The highest BCUT2D eigenvalue weighted by Crippen LogP contribution is 2.22. The summed E-state index contributed by atoms with van der Waals surface area (Å²) in [5.41, 5.74) is 3.94. The molecule has 0 unspecified atom stereocenters. The second-order valence-corrected chi connectivity index (χ2v) is 6.12. The highest BCUT2D eigenvalue weighted by atomic mass is 35.5. The van der Waals surface area contributed by atoms with Gasteiger partial charge in [0.15, 0.2) is 0 Å². The van der Waals surface area contributed by atoms with Crippen LogP contribution in [0.5, 0.6) is 0 Å². The first-order valence-corrected chi connectivity index (χ1v) is 8.13. The molecule has 0 atom stereocenters. The number of aryl methyl sites for hydroxylation is 1. The number of nitrogens with zero attached hydrogens (tertiary/aromatic N) is 2. The predicted molar refractivity (Wildman–Crippen MR) is 99.3 cm³/mol. The van der Waals surface area contributed by atoms with Crippen LogP contribution in [0, 0.1) is 6.92 Å². The molecule has 0 aliphatic heterocycles. The lowest BCUT2D eigenvalue weighted by molar-refractivity contribution is -0.115. The van der Waals surface area contributed by atoms with Crippen LogP contribution in [-0.2, 0) is 4.79 Å². The van der Waals surface area contributed by atoms with E-state index in [1.807, 2.05) is 13.0 Å². The second-order valence-electron chi connectivity index (χ2n) is 5.31. The van der Waals surface area contributed by atoms with Crippen LogP contribution in [0.3, 0.4) is 0 Å². The van der Waals surface area contributed by atoms with Gasteiger partial charge in [0.2, 0.25) is 5.91 Å². The Bertz CT molecular complexity index is 837. The summed E-state index contributed by atoms with van der Waals surface area (Å²) < 4.78 is 0. The molecule has 0 saturated heterocycles. The molecule has 0 saturated carbocycles. The molecule has 0 fully saturated rings. The van der Waals surface area contributed by atoms with Gasteiger partial charge >= 0.3 is 0 Å². The molecule has 1 heterocycles. The summed E-state index contributed by atoms with van der Waals surface area (Å²) in [5.74, 6) is -0.251. The Morgan fingerprint density at radius 2 is 1.92 bits per heavy atom. The van der Waals surface area contributed by atoms with Crippen LogP contribution in [0.2, 0.25) is 10.0 Å². The molecule has 0 spiro atoms. The number of aromatic nitrogens is 1. The maximum Gasteiger partial charge on any atom is 0.271 e. The normalized spacial score (nSPS) is 11.1. The van der Waals surface area contributed by atoms with Crippen molar-refractivity contribution in [2.75, 3.05) is 5.32 Å². The zero-order chi connectivity index (χ0) is 18.4. The summed E-state index contributed by atoms with van der Waals surface area (Å²) in [7, 11) is 0. The number of pyridine rings is 1. The molecule has 2 rings (SSSR count). The Morgan fingerprint density at radius 1 is 1.16 bits per heavy atom. The van der Waals surface area contributed by atoms with Gasteiger partial charge in [0.05, 0.1) is 16.5 Å². The van der Waals surface area contributed by atoms with E-state index in [4.69, 9.17) is 23.2 Å². The quantitative estimate of drug-likeness (QED) is 0.612. The summed E-state index contributed by atoms with van der Waals surface area (Å²) in [5, 5.41) is 7.22. The molecule has 0 aliphatic rings. The first-order valence-electron chi connectivity index (χ1n) is 7.37. The number of nitrogens with one attached hydrogen (secondary N) is 2. The Hall–Kier alpha value is -2.44. The van der Waals surface area contributed by atoms with Crippen molar-refractivity contribution in [2.24, 2.45) is 5.10 Å². The monoisotopic (exact) mass is 378 g/mol. The summed E-state index contributed by atoms with van der Waals surface area (Å²) >= 11 is 11.7. The third-order valence-corrected chi connectivity index (χ3v) is 3.84. The third kappa shape index (κ3) is 5.85. The average Bonchev–Trinajstić information content (AvgIpc) is 2.55. The molecule has 8 heteroatoms. The van der Waals surface area contributed by atoms with Gasteiger partial charge in [0.1, 0.15) is 5.82 Å². The van der Waals surface area contributed by atoms with Crippen molar-refractivity contribution in [3.05, 3.63) is 57.7 Å². The van der Waals surface area contributed by atoms with Crippen molar-refractivity contribution in [3.8, 4) is 0 Å². The van der Waals surface area contributed by atoms with Gasteiger partial charge in [-0.3, -0.25) is 9.59 Å². The largest absolute Gasteiger partial charge is 0.310 e. The number of halogens is 2. The second kappa shape index (κ2) is 8.60. The minimum atomic E-state index is -0.446. The van der Waals surface area contributed by atoms with E-state index in [1.165, 1.54) is 18.2 Å². The number of hydrogen-bond donors (Lipinski definition) is 2. The first-order chi connectivity index (χ1) is 11.8. The predicted octanol–water partition coefficient (Wildman–Crippen LogP) is 3.83. The Labute approximate surface area is 155 Å². The highest BCUT2D eigenvalue weighted by Gasteiger charge is 2.09. The van der Waals surface area contributed by atoms with Gasteiger partial charge in [0.25, 0.3) is 5.91 Å². The van der Waals surface area contributed by atoms with Crippen molar-refractivity contribution in [1.82, 2.24) is 10.4 Å². The van der Waals surface area contributed by atoms with Gasteiger partial charge in [-0.2, -0.15) is 5.10 Å². The molecule has 1 aromatic heterocycles. The lowest BCUT2D eigenvalue weighted by Gasteiger charge is -2.06. The molecule has 2 N–H and O–H groups in total. The molecule has 0 radical (unpaired) electrons. The van der Waals surface area contributed by atoms with Crippen LogP contribution in [-0.4, -0.2) is 22.5 Å². The Kier molecular flexibility index (Phi) is 6.50. The van der Waals surface area contributed by atoms with Gasteiger partial charge in [-0.1, -0.05) is 29.3 Å². The van der Waals surface area contributed by atoms with E-state index in [1.54, 1.807) is 19.1 Å². The fraction of sp³-hybridized carbons (Fsp3) is 0.176. The zero-order valence-corrected chi connectivity index (χ0v) is 15.1. The van der Waals surface area contributed by atoms with E-state index in [9.17, 15) is 9.59 Å². The van der Waals surface area contributed by atoms with Crippen LogP contribution < -0.4 is 10.7 Å². The van der Waals surface area contributed by atoms with Crippen molar-refractivity contribution < 1.29 is 9.59 Å². The smallest absolute Gasteiger partial charge is 0.271 e. The van der Waals surface area contributed by atoms with E-state index in [0.717, 1.165) is 5.69 Å². The van der Waals surface area contributed by atoms with E-state index in [-0.39, 0.29) is 17.4 Å². The Morgan fingerprint density at radius 3 is 2.60 bits per heavy atom. The minimum absolute atomic E-state index is 0.0251. The molecule has 2 aromatic rings. The summed E-state index contributed by atoms with van der Waals surface area (Å²) in [4.78, 5) is 28.1. The summed E-state index contributed by atoms with van der Waals surface area (Å²) in [6, 6.07) is 9.84. The molecule has 130 valence electrons. The lowest BCUT2D eigenvalue weighted by Crippen LogP contribution is -2.21.